The maximum absolute atomic E-state index is 14.1. The summed E-state index contributed by atoms with van der Waals surface area (Å²) in [5.74, 6) is -0.732. The normalized spacial score (nSPS) is 12.3. The molecule has 0 saturated heterocycles. The van der Waals surface area contributed by atoms with Gasteiger partial charge >= 0.3 is 0 Å². The smallest absolute Gasteiger partial charge is 0.251 e. The van der Waals surface area contributed by atoms with E-state index in [2.05, 4.69) is 24.4 Å². The number of amides is 1. The van der Waals surface area contributed by atoms with Crippen LogP contribution in [0.3, 0.4) is 0 Å². The lowest BCUT2D eigenvalue weighted by Gasteiger charge is -2.23. The first-order valence-corrected chi connectivity index (χ1v) is 12.5. The van der Waals surface area contributed by atoms with Gasteiger partial charge in [-0.25, -0.2) is 12.8 Å². The maximum Gasteiger partial charge on any atom is 0.251 e. The van der Waals surface area contributed by atoms with Crippen molar-refractivity contribution in [2.45, 2.75) is 40.3 Å². The predicted molar refractivity (Wildman–Crippen MR) is 130 cm³/mol. The van der Waals surface area contributed by atoms with Gasteiger partial charge in [-0.05, 0) is 80.3 Å². The molecule has 1 N–H and O–H groups in total. The highest BCUT2D eigenvalue weighted by molar-refractivity contribution is 7.92. The van der Waals surface area contributed by atoms with Crippen LogP contribution in [0.5, 0.6) is 0 Å². The average molecular weight is 469 g/mol. The van der Waals surface area contributed by atoms with Gasteiger partial charge in [-0.1, -0.05) is 30.3 Å². The summed E-state index contributed by atoms with van der Waals surface area (Å²) in [5, 5.41) is 3.01. The summed E-state index contributed by atoms with van der Waals surface area (Å²) in [6.07, 6.45) is 1.07. The zero-order valence-corrected chi connectivity index (χ0v) is 20.3. The minimum Gasteiger partial charge on any atom is -0.346 e. The second-order valence-electron chi connectivity index (χ2n) is 8.40. The van der Waals surface area contributed by atoms with Crippen LogP contribution in [0.2, 0.25) is 0 Å². The van der Waals surface area contributed by atoms with Crippen LogP contribution in [0.1, 0.15) is 51.1 Å². The van der Waals surface area contributed by atoms with Crippen LogP contribution in [-0.2, 0) is 16.6 Å². The lowest BCUT2D eigenvalue weighted by molar-refractivity contribution is 0.0940. The number of carbonyl (C=O) groups is 1. The molecule has 174 valence electrons. The molecule has 5 nitrogen and oxygen atoms in total. The fourth-order valence-electron chi connectivity index (χ4n) is 3.77. The first-order chi connectivity index (χ1) is 15.5. The summed E-state index contributed by atoms with van der Waals surface area (Å²) < 4.78 is 40.0. The fraction of sp³-hybridized carbons (Fsp3) is 0.269. The van der Waals surface area contributed by atoms with Gasteiger partial charge in [-0.3, -0.25) is 9.10 Å². The largest absolute Gasteiger partial charge is 0.346 e. The molecule has 0 aliphatic rings. The number of hydrogen-bond donors (Lipinski definition) is 1. The van der Waals surface area contributed by atoms with E-state index in [1.54, 1.807) is 42.5 Å². The Morgan fingerprint density at radius 1 is 0.970 bits per heavy atom. The molecule has 3 aromatic rings. The number of nitrogens with one attached hydrogen (secondary N) is 1. The molecule has 3 aromatic carbocycles. The number of hydrogen-bond acceptors (Lipinski definition) is 3. The highest BCUT2D eigenvalue weighted by Crippen LogP contribution is 2.24. The zero-order valence-electron chi connectivity index (χ0n) is 19.5. The molecule has 7 heteroatoms. The van der Waals surface area contributed by atoms with Gasteiger partial charge in [0.1, 0.15) is 5.82 Å². The summed E-state index contributed by atoms with van der Waals surface area (Å²) in [6.45, 7) is 7.92. The molecule has 1 atom stereocenters. The highest BCUT2D eigenvalue weighted by atomic mass is 32.2. The van der Waals surface area contributed by atoms with Crippen molar-refractivity contribution in [1.82, 2.24) is 5.32 Å². The first kappa shape index (κ1) is 24.5. The third-order valence-corrected chi connectivity index (χ3v) is 6.93. The molecule has 0 unspecified atom stereocenters. The molecule has 3 rings (SSSR count). The Hall–Kier alpha value is -3.19. The van der Waals surface area contributed by atoms with Crippen molar-refractivity contribution in [1.29, 1.82) is 0 Å². The summed E-state index contributed by atoms with van der Waals surface area (Å²) in [7, 11) is -3.67. The first-order valence-electron chi connectivity index (χ1n) is 10.7. The molecule has 0 spiro atoms. The molecular formula is C26H29FN2O3S. The number of aryl methyl sites for hydroxylation is 3. The van der Waals surface area contributed by atoms with Crippen LogP contribution >= 0.6 is 0 Å². The van der Waals surface area contributed by atoms with E-state index in [9.17, 15) is 17.6 Å². The van der Waals surface area contributed by atoms with Crippen LogP contribution in [0.4, 0.5) is 10.1 Å². The van der Waals surface area contributed by atoms with Crippen molar-refractivity contribution in [2.75, 3.05) is 10.6 Å². The predicted octanol–water partition coefficient (Wildman–Crippen LogP) is 5.21. The van der Waals surface area contributed by atoms with Gasteiger partial charge in [0.25, 0.3) is 5.91 Å². The van der Waals surface area contributed by atoms with Crippen LogP contribution in [0.15, 0.2) is 60.7 Å². The van der Waals surface area contributed by atoms with E-state index < -0.39 is 15.8 Å². The summed E-state index contributed by atoms with van der Waals surface area (Å²) in [6, 6.07) is 16.3. The van der Waals surface area contributed by atoms with Crippen molar-refractivity contribution < 1.29 is 17.6 Å². The molecule has 0 aliphatic heterocycles. The number of nitrogens with zero attached hydrogens (tertiary/aromatic N) is 1. The van der Waals surface area contributed by atoms with E-state index >= 15 is 0 Å². The molecular weight excluding hydrogens is 439 g/mol. The Balaban J connectivity index is 1.79. The van der Waals surface area contributed by atoms with Crippen LogP contribution in [-0.4, -0.2) is 20.6 Å². The molecule has 33 heavy (non-hydrogen) atoms. The van der Waals surface area contributed by atoms with Gasteiger partial charge in [-0.15, -0.1) is 0 Å². The van der Waals surface area contributed by atoms with Crippen molar-refractivity contribution >= 4 is 21.6 Å². The van der Waals surface area contributed by atoms with Crippen LogP contribution < -0.4 is 9.62 Å². The van der Waals surface area contributed by atoms with E-state index in [1.165, 1.54) is 11.6 Å². The monoisotopic (exact) mass is 468 g/mol. The lowest BCUT2D eigenvalue weighted by Crippen LogP contribution is -2.30. The highest BCUT2D eigenvalue weighted by Gasteiger charge is 2.20. The number of halogens is 1. The molecule has 0 radical (unpaired) electrons. The Kier molecular flexibility index (Phi) is 7.22. The number of sulfonamides is 1. The van der Waals surface area contributed by atoms with Gasteiger partial charge in [0, 0.05) is 11.1 Å². The van der Waals surface area contributed by atoms with E-state index in [0.717, 1.165) is 27.3 Å². The van der Waals surface area contributed by atoms with Crippen molar-refractivity contribution in [3.05, 3.63) is 99.9 Å². The standard InChI is InChI=1S/C26H29FN2O3S/c1-17-14-19(3)24(15-18(17)2)20(4)28-26(30)21-10-12-23(13-11-21)29(33(5,31)32)16-22-8-6-7-9-25(22)27/h6-15,20H,16H2,1-5H3,(H,28,30)/t20-/m0/s1. The number of benzene rings is 3. The van der Waals surface area contributed by atoms with Gasteiger partial charge in [0.2, 0.25) is 10.0 Å². The van der Waals surface area contributed by atoms with E-state index in [4.69, 9.17) is 0 Å². The minimum atomic E-state index is -3.67. The third-order valence-electron chi connectivity index (χ3n) is 5.79. The maximum atomic E-state index is 14.1. The van der Waals surface area contributed by atoms with Gasteiger partial charge in [-0.2, -0.15) is 0 Å². The van der Waals surface area contributed by atoms with Crippen molar-refractivity contribution in [2.24, 2.45) is 0 Å². The number of anilines is 1. The quantitative estimate of drug-likeness (QED) is 0.518. The van der Waals surface area contributed by atoms with Gasteiger partial charge in [0.05, 0.1) is 24.5 Å². The Morgan fingerprint density at radius 3 is 2.18 bits per heavy atom. The topological polar surface area (TPSA) is 66.5 Å². The number of carbonyl (C=O) groups excluding carboxylic acids is 1. The molecule has 0 heterocycles. The average Bonchev–Trinajstić information content (AvgIpc) is 2.75. The Bertz CT molecular complexity index is 1270. The summed E-state index contributed by atoms with van der Waals surface area (Å²) >= 11 is 0. The minimum absolute atomic E-state index is 0.139. The van der Waals surface area contributed by atoms with E-state index in [-0.39, 0.29) is 24.1 Å². The van der Waals surface area contributed by atoms with Crippen LogP contribution in [0, 0.1) is 26.6 Å². The second-order valence-corrected chi connectivity index (χ2v) is 10.3. The van der Waals surface area contributed by atoms with Gasteiger partial charge < -0.3 is 5.32 Å². The Labute approximate surface area is 195 Å². The van der Waals surface area contributed by atoms with Crippen molar-refractivity contribution in [3.63, 3.8) is 0 Å². The molecule has 0 aliphatic carbocycles. The fourth-order valence-corrected chi connectivity index (χ4v) is 4.65. The summed E-state index contributed by atoms with van der Waals surface area (Å²) in [4.78, 5) is 12.8. The molecule has 0 bridgehead atoms. The van der Waals surface area contributed by atoms with E-state index in [0.29, 0.717) is 11.3 Å². The van der Waals surface area contributed by atoms with Crippen molar-refractivity contribution in [3.8, 4) is 0 Å². The summed E-state index contributed by atoms with van der Waals surface area (Å²) in [5.41, 5.74) is 5.56. The zero-order chi connectivity index (χ0) is 24.3. The molecule has 1 amide bonds. The molecule has 0 saturated carbocycles. The third kappa shape index (κ3) is 5.79. The lowest BCUT2D eigenvalue weighted by atomic mass is 9.96. The second kappa shape index (κ2) is 9.75. The van der Waals surface area contributed by atoms with Crippen LogP contribution in [0.25, 0.3) is 0 Å². The SMILES string of the molecule is Cc1cc(C)c([C@H](C)NC(=O)c2ccc(N(Cc3ccccc3F)S(C)(=O)=O)cc2)cc1C. The molecule has 0 aromatic heterocycles. The molecule has 0 fully saturated rings. The Morgan fingerprint density at radius 2 is 1.58 bits per heavy atom. The van der Waals surface area contributed by atoms with E-state index in [1.807, 2.05) is 20.8 Å². The number of rotatable bonds is 7. The van der Waals surface area contributed by atoms with Gasteiger partial charge in [0.15, 0.2) is 0 Å².